The first-order chi connectivity index (χ1) is 12.2. The second-order valence-electron chi connectivity index (χ2n) is 6.57. The van der Waals surface area contributed by atoms with Crippen LogP contribution >= 0.6 is 13.5 Å². The van der Waals surface area contributed by atoms with E-state index in [-0.39, 0.29) is 13.5 Å². The summed E-state index contributed by atoms with van der Waals surface area (Å²) in [5.74, 6) is 2.06. The lowest BCUT2D eigenvalue weighted by molar-refractivity contribution is 0.246. The maximum atomic E-state index is 5.51. The molecule has 0 bridgehead atoms. The minimum Gasteiger partial charge on any atom is -0.481 e. The first-order valence-corrected chi connectivity index (χ1v) is 9.02. The standard InChI is InChI=1S/C20H27N3O2.H2S/c1-4-25-20-13-16(8-10-21-20)12-17-9-11-23(14-17)15(2)18-6-5-7-19(22-18)24-3;/h5-8,10,13,15,17H,4,9,11-12,14H2,1-3H3;1H2/t15?,17-;/m1./s1. The third-order valence-corrected chi connectivity index (χ3v) is 4.86. The van der Waals surface area contributed by atoms with Crippen molar-refractivity contribution in [3.05, 3.63) is 47.8 Å². The lowest BCUT2D eigenvalue weighted by atomic mass is 9.99. The molecule has 26 heavy (non-hydrogen) atoms. The molecule has 0 aliphatic carbocycles. The lowest BCUT2D eigenvalue weighted by Gasteiger charge is -2.24. The monoisotopic (exact) mass is 375 g/mol. The van der Waals surface area contributed by atoms with Crippen LogP contribution in [0, 0.1) is 5.92 Å². The normalized spacial score (nSPS) is 18.2. The minimum atomic E-state index is 0. The third-order valence-electron chi connectivity index (χ3n) is 4.86. The summed E-state index contributed by atoms with van der Waals surface area (Å²) < 4.78 is 10.8. The van der Waals surface area contributed by atoms with Crippen molar-refractivity contribution in [2.24, 2.45) is 5.92 Å². The van der Waals surface area contributed by atoms with Gasteiger partial charge in [-0.2, -0.15) is 13.5 Å². The fourth-order valence-electron chi connectivity index (χ4n) is 3.48. The fourth-order valence-corrected chi connectivity index (χ4v) is 3.48. The predicted octanol–water partition coefficient (Wildman–Crippen LogP) is 3.62. The van der Waals surface area contributed by atoms with Gasteiger partial charge in [0.1, 0.15) is 0 Å². The van der Waals surface area contributed by atoms with Gasteiger partial charge in [-0.05, 0) is 56.8 Å². The quantitative estimate of drug-likeness (QED) is 0.740. The highest BCUT2D eigenvalue weighted by molar-refractivity contribution is 7.59. The molecule has 2 atom stereocenters. The van der Waals surface area contributed by atoms with Gasteiger partial charge in [-0.15, -0.1) is 0 Å². The Labute approximate surface area is 163 Å². The van der Waals surface area contributed by atoms with Gasteiger partial charge < -0.3 is 9.47 Å². The molecule has 142 valence electrons. The summed E-state index contributed by atoms with van der Waals surface area (Å²) in [5.41, 5.74) is 2.38. The van der Waals surface area contributed by atoms with Gasteiger partial charge in [0.25, 0.3) is 0 Å². The zero-order valence-electron chi connectivity index (χ0n) is 15.8. The van der Waals surface area contributed by atoms with E-state index in [4.69, 9.17) is 9.47 Å². The lowest BCUT2D eigenvalue weighted by Crippen LogP contribution is -2.25. The highest BCUT2D eigenvalue weighted by Crippen LogP contribution is 2.29. The molecule has 3 rings (SSSR count). The Morgan fingerprint density at radius 2 is 2.12 bits per heavy atom. The van der Waals surface area contributed by atoms with Crippen LogP contribution in [-0.4, -0.2) is 41.7 Å². The first kappa shape index (κ1) is 20.5. The molecule has 1 saturated heterocycles. The number of aromatic nitrogens is 2. The number of nitrogens with zero attached hydrogens (tertiary/aromatic N) is 3. The molecule has 5 nitrogen and oxygen atoms in total. The number of pyridine rings is 2. The smallest absolute Gasteiger partial charge is 0.213 e. The van der Waals surface area contributed by atoms with Gasteiger partial charge in [-0.1, -0.05) is 6.07 Å². The number of hydrogen-bond acceptors (Lipinski definition) is 5. The van der Waals surface area contributed by atoms with Crippen LogP contribution in [-0.2, 0) is 6.42 Å². The molecule has 0 aromatic carbocycles. The molecular weight excluding hydrogens is 346 g/mol. The van der Waals surface area contributed by atoms with Crippen LogP contribution < -0.4 is 9.47 Å². The second kappa shape index (κ2) is 9.78. The first-order valence-electron chi connectivity index (χ1n) is 9.02. The van der Waals surface area contributed by atoms with Crippen molar-refractivity contribution >= 4 is 13.5 Å². The zero-order valence-corrected chi connectivity index (χ0v) is 16.8. The highest BCUT2D eigenvalue weighted by Gasteiger charge is 2.27. The van der Waals surface area contributed by atoms with E-state index < -0.39 is 0 Å². The van der Waals surface area contributed by atoms with Gasteiger partial charge in [-0.25, -0.2) is 9.97 Å². The zero-order chi connectivity index (χ0) is 17.6. The molecule has 2 aromatic rings. The highest BCUT2D eigenvalue weighted by atomic mass is 32.1. The average Bonchev–Trinajstić information content (AvgIpc) is 3.10. The number of hydrogen-bond donors (Lipinski definition) is 0. The Bertz CT molecular complexity index is 698. The molecule has 2 aromatic heterocycles. The molecule has 3 heterocycles. The second-order valence-corrected chi connectivity index (χ2v) is 6.57. The average molecular weight is 376 g/mol. The van der Waals surface area contributed by atoms with E-state index in [0.717, 1.165) is 31.1 Å². The summed E-state index contributed by atoms with van der Waals surface area (Å²) in [5, 5.41) is 0. The van der Waals surface area contributed by atoms with Crippen LogP contribution in [0.4, 0.5) is 0 Å². The van der Waals surface area contributed by atoms with Crippen LogP contribution in [0.1, 0.15) is 37.6 Å². The molecule has 0 saturated carbocycles. The summed E-state index contributed by atoms with van der Waals surface area (Å²) in [6.07, 6.45) is 4.12. The van der Waals surface area contributed by atoms with Crippen LogP contribution in [0.3, 0.4) is 0 Å². The summed E-state index contributed by atoms with van der Waals surface area (Å²) in [7, 11) is 1.66. The van der Waals surface area contributed by atoms with Gasteiger partial charge >= 0.3 is 0 Å². The minimum absolute atomic E-state index is 0. The Hall–Kier alpha value is -1.79. The largest absolute Gasteiger partial charge is 0.481 e. The van der Waals surface area contributed by atoms with E-state index >= 15 is 0 Å². The van der Waals surface area contributed by atoms with E-state index in [1.807, 2.05) is 25.3 Å². The van der Waals surface area contributed by atoms with Crippen molar-refractivity contribution in [1.82, 2.24) is 14.9 Å². The number of ether oxygens (including phenoxy) is 2. The fraction of sp³-hybridized carbons (Fsp3) is 0.500. The van der Waals surface area contributed by atoms with Crippen LogP contribution in [0.2, 0.25) is 0 Å². The molecule has 0 spiro atoms. The van der Waals surface area contributed by atoms with Gasteiger partial charge in [0, 0.05) is 30.9 Å². The van der Waals surface area contributed by atoms with Gasteiger partial charge in [0.2, 0.25) is 11.8 Å². The number of rotatable bonds is 7. The number of methoxy groups -OCH3 is 1. The maximum Gasteiger partial charge on any atom is 0.213 e. The third kappa shape index (κ3) is 5.11. The van der Waals surface area contributed by atoms with Crippen molar-refractivity contribution in [3.8, 4) is 11.8 Å². The Morgan fingerprint density at radius 3 is 2.88 bits per heavy atom. The predicted molar refractivity (Wildman–Crippen MR) is 108 cm³/mol. The van der Waals surface area contributed by atoms with Gasteiger partial charge in [-0.3, -0.25) is 4.90 Å². The van der Waals surface area contributed by atoms with Gasteiger partial charge in [0.15, 0.2) is 0 Å². The van der Waals surface area contributed by atoms with Crippen LogP contribution in [0.5, 0.6) is 11.8 Å². The summed E-state index contributed by atoms with van der Waals surface area (Å²) in [4.78, 5) is 11.3. The Balaban J connectivity index is 0.00000243. The van der Waals surface area contributed by atoms with E-state index in [0.29, 0.717) is 24.4 Å². The maximum absolute atomic E-state index is 5.51. The van der Waals surface area contributed by atoms with E-state index in [1.165, 1.54) is 12.0 Å². The van der Waals surface area contributed by atoms with Crippen molar-refractivity contribution < 1.29 is 9.47 Å². The molecule has 1 aliphatic heterocycles. The van der Waals surface area contributed by atoms with E-state index in [2.05, 4.69) is 40.0 Å². The van der Waals surface area contributed by atoms with Crippen molar-refractivity contribution in [2.45, 2.75) is 32.7 Å². The topological polar surface area (TPSA) is 47.5 Å². The molecule has 0 radical (unpaired) electrons. The van der Waals surface area contributed by atoms with Crippen LogP contribution in [0.25, 0.3) is 0 Å². The van der Waals surface area contributed by atoms with Crippen molar-refractivity contribution in [2.75, 3.05) is 26.8 Å². The van der Waals surface area contributed by atoms with Crippen LogP contribution in [0.15, 0.2) is 36.5 Å². The van der Waals surface area contributed by atoms with Crippen molar-refractivity contribution in [1.29, 1.82) is 0 Å². The van der Waals surface area contributed by atoms with Gasteiger partial charge in [0.05, 0.1) is 19.4 Å². The summed E-state index contributed by atoms with van der Waals surface area (Å²) >= 11 is 0. The number of likely N-dealkylation sites (tertiary alicyclic amines) is 1. The van der Waals surface area contributed by atoms with Crippen molar-refractivity contribution in [3.63, 3.8) is 0 Å². The summed E-state index contributed by atoms with van der Waals surface area (Å²) in [6, 6.07) is 10.5. The molecule has 0 N–H and O–H groups in total. The van der Waals surface area contributed by atoms with E-state index in [9.17, 15) is 0 Å². The summed E-state index contributed by atoms with van der Waals surface area (Å²) in [6.45, 7) is 7.06. The molecule has 1 aliphatic rings. The molecule has 1 fully saturated rings. The molecule has 0 amide bonds. The Morgan fingerprint density at radius 1 is 1.27 bits per heavy atom. The Kier molecular flexibility index (Phi) is 7.72. The molecule has 1 unspecified atom stereocenters. The molecule has 6 heteroatoms. The SMILES string of the molecule is CCOc1cc(C[C@H]2CCN(C(C)c3cccc(OC)n3)C2)ccn1.S. The molecular formula is C20H29N3O2S. The van der Waals surface area contributed by atoms with E-state index in [1.54, 1.807) is 7.11 Å².